The largest absolute Gasteiger partial charge is 0.336 e. The summed E-state index contributed by atoms with van der Waals surface area (Å²) in [4.78, 5) is 32.2. The molecule has 0 bridgehead atoms. The van der Waals surface area contributed by atoms with Crippen molar-refractivity contribution in [1.29, 1.82) is 0 Å². The van der Waals surface area contributed by atoms with E-state index in [1.807, 2.05) is 57.2 Å². The van der Waals surface area contributed by atoms with Gasteiger partial charge in [0.25, 0.3) is 11.8 Å². The number of fused-ring (bicyclic) bond motifs is 1. The molecule has 0 spiro atoms. The number of rotatable bonds is 7. The van der Waals surface area contributed by atoms with Crippen LogP contribution in [0.25, 0.3) is 5.52 Å². The van der Waals surface area contributed by atoms with Crippen molar-refractivity contribution in [3.8, 4) is 0 Å². The molecule has 0 fully saturated rings. The normalized spacial score (nSPS) is 10.8. The highest BCUT2D eigenvalue weighted by Crippen LogP contribution is 2.18. The highest BCUT2D eigenvalue weighted by molar-refractivity contribution is 6.08. The predicted octanol–water partition coefficient (Wildman–Crippen LogP) is 4.16. The van der Waals surface area contributed by atoms with Crippen LogP contribution >= 0.6 is 0 Å². The molecule has 2 heterocycles. The molecule has 1 N–H and O–H groups in total. The zero-order chi connectivity index (χ0) is 20.1. The number of benzene rings is 1. The molecule has 0 aliphatic carbocycles. The molecule has 0 aliphatic rings. The molecule has 2 amide bonds. The Morgan fingerprint density at radius 2 is 1.71 bits per heavy atom. The second-order valence-corrected chi connectivity index (χ2v) is 6.85. The molecule has 0 saturated heterocycles. The smallest absolute Gasteiger partial charge is 0.290 e. The van der Waals surface area contributed by atoms with Crippen LogP contribution in [0.4, 0.5) is 5.69 Å². The minimum atomic E-state index is -0.330. The molecule has 146 valence electrons. The number of carbonyl (C=O) groups excluding carboxylic acids is 2. The summed E-state index contributed by atoms with van der Waals surface area (Å²) in [6.07, 6.45) is 3.51. The second-order valence-electron chi connectivity index (χ2n) is 6.85. The monoisotopic (exact) mass is 378 g/mol. The number of nitrogens with zero attached hydrogens (tertiary/aromatic N) is 3. The average molecular weight is 378 g/mol. The summed E-state index contributed by atoms with van der Waals surface area (Å²) in [5, 5.41) is 2.87. The van der Waals surface area contributed by atoms with Gasteiger partial charge in [-0.1, -0.05) is 37.6 Å². The fourth-order valence-corrected chi connectivity index (χ4v) is 3.18. The number of carbonyl (C=O) groups is 2. The first-order chi connectivity index (χ1) is 13.5. The number of anilines is 1. The van der Waals surface area contributed by atoms with Crippen molar-refractivity contribution in [2.24, 2.45) is 0 Å². The zero-order valence-electron chi connectivity index (χ0n) is 16.6. The van der Waals surface area contributed by atoms with E-state index in [0.717, 1.165) is 18.4 Å². The van der Waals surface area contributed by atoms with E-state index in [1.165, 1.54) is 0 Å². The van der Waals surface area contributed by atoms with Crippen LogP contribution in [0.2, 0.25) is 0 Å². The Balaban J connectivity index is 1.96. The van der Waals surface area contributed by atoms with E-state index in [0.29, 0.717) is 24.3 Å². The Bertz CT molecular complexity index is 970. The minimum Gasteiger partial charge on any atom is -0.336 e. The van der Waals surface area contributed by atoms with Gasteiger partial charge in [0, 0.05) is 25.0 Å². The third kappa shape index (κ3) is 4.06. The highest BCUT2D eigenvalue weighted by atomic mass is 16.2. The molecular weight excluding hydrogens is 352 g/mol. The molecule has 0 radical (unpaired) electrons. The lowest BCUT2D eigenvalue weighted by Crippen LogP contribution is -2.33. The second kappa shape index (κ2) is 8.69. The average Bonchev–Trinajstić information content (AvgIpc) is 3.09. The van der Waals surface area contributed by atoms with Crippen molar-refractivity contribution in [3.63, 3.8) is 0 Å². The molecule has 0 unspecified atom stereocenters. The summed E-state index contributed by atoms with van der Waals surface area (Å²) in [5.74, 6) is -0.213. The molecule has 0 saturated carbocycles. The Hall–Kier alpha value is -3.15. The Kier molecular flexibility index (Phi) is 6.09. The lowest BCUT2D eigenvalue weighted by atomic mass is 10.2. The number of hydrogen-bond donors (Lipinski definition) is 1. The molecule has 3 rings (SSSR count). The number of pyridine rings is 1. The van der Waals surface area contributed by atoms with Gasteiger partial charge in [0.15, 0.2) is 5.69 Å². The van der Waals surface area contributed by atoms with Gasteiger partial charge in [-0.2, -0.15) is 0 Å². The van der Waals surface area contributed by atoms with E-state index < -0.39 is 0 Å². The summed E-state index contributed by atoms with van der Waals surface area (Å²) in [6.45, 7) is 7.41. The number of imidazole rings is 1. The summed E-state index contributed by atoms with van der Waals surface area (Å²) in [7, 11) is 0. The van der Waals surface area contributed by atoms with Gasteiger partial charge in [-0.3, -0.25) is 14.0 Å². The topological polar surface area (TPSA) is 66.7 Å². The first kappa shape index (κ1) is 19.6. The quantitative estimate of drug-likeness (QED) is 0.671. The first-order valence-corrected chi connectivity index (χ1v) is 9.69. The Labute approximate surface area is 165 Å². The zero-order valence-corrected chi connectivity index (χ0v) is 16.6. The van der Waals surface area contributed by atoms with E-state index in [2.05, 4.69) is 10.3 Å². The number of hydrogen-bond acceptors (Lipinski definition) is 3. The molecule has 0 atom stereocenters. The number of amides is 2. The van der Waals surface area contributed by atoms with Crippen LogP contribution in [0.15, 0.2) is 48.7 Å². The summed E-state index contributed by atoms with van der Waals surface area (Å²) >= 11 is 0. The summed E-state index contributed by atoms with van der Waals surface area (Å²) in [6, 6.07) is 13.0. The molecule has 6 nitrogen and oxygen atoms in total. The van der Waals surface area contributed by atoms with Gasteiger partial charge in [-0.15, -0.1) is 0 Å². The van der Waals surface area contributed by atoms with Gasteiger partial charge in [-0.25, -0.2) is 4.98 Å². The fraction of sp³-hybridized carbons (Fsp3) is 0.318. The third-order valence-corrected chi connectivity index (χ3v) is 4.54. The molecule has 2 aromatic heterocycles. The van der Waals surface area contributed by atoms with Crippen LogP contribution in [-0.4, -0.2) is 39.2 Å². The number of nitrogens with one attached hydrogen (secondary N) is 1. The maximum absolute atomic E-state index is 13.1. The van der Waals surface area contributed by atoms with E-state index in [9.17, 15) is 9.59 Å². The van der Waals surface area contributed by atoms with Crippen molar-refractivity contribution in [2.75, 3.05) is 18.4 Å². The van der Waals surface area contributed by atoms with Crippen LogP contribution in [0.3, 0.4) is 0 Å². The maximum Gasteiger partial charge on any atom is 0.290 e. The molecule has 28 heavy (non-hydrogen) atoms. The predicted molar refractivity (Wildman–Crippen MR) is 111 cm³/mol. The first-order valence-electron chi connectivity index (χ1n) is 9.69. The van der Waals surface area contributed by atoms with Gasteiger partial charge in [0.2, 0.25) is 5.82 Å². The maximum atomic E-state index is 13.1. The molecular formula is C22H26N4O2. The van der Waals surface area contributed by atoms with Gasteiger partial charge in [-0.05, 0) is 44.0 Å². The van der Waals surface area contributed by atoms with Crippen LogP contribution < -0.4 is 5.32 Å². The minimum absolute atomic E-state index is 0.153. The Morgan fingerprint density at radius 1 is 1.04 bits per heavy atom. The van der Waals surface area contributed by atoms with E-state index in [4.69, 9.17) is 0 Å². The molecule has 1 aromatic carbocycles. The van der Waals surface area contributed by atoms with Crippen molar-refractivity contribution in [1.82, 2.24) is 14.3 Å². The molecule has 3 aromatic rings. The SMILES string of the molecule is CCCN(CCC)C(=O)c1nc(C(=O)Nc2ccc(C)cc2)c2ccccn12. The summed E-state index contributed by atoms with van der Waals surface area (Å²) < 4.78 is 1.70. The van der Waals surface area contributed by atoms with Crippen LogP contribution in [-0.2, 0) is 0 Å². The van der Waals surface area contributed by atoms with Gasteiger partial charge >= 0.3 is 0 Å². The summed E-state index contributed by atoms with van der Waals surface area (Å²) in [5.41, 5.74) is 2.67. The van der Waals surface area contributed by atoms with Crippen LogP contribution in [0, 0.1) is 6.92 Å². The van der Waals surface area contributed by atoms with Crippen molar-refractivity contribution in [2.45, 2.75) is 33.6 Å². The highest BCUT2D eigenvalue weighted by Gasteiger charge is 2.24. The van der Waals surface area contributed by atoms with Gasteiger partial charge in [0.1, 0.15) is 0 Å². The van der Waals surface area contributed by atoms with E-state index in [-0.39, 0.29) is 23.3 Å². The van der Waals surface area contributed by atoms with Crippen LogP contribution in [0.1, 0.15) is 53.4 Å². The van der Waals surface area contributed by atoms with Crippen molar-refractivity contribution >= 4 is 23.0 Å². The van der Waals surface area contributed by atoms with Crippen molar-refractivity contribution in [3.05, 3.63) is 65.7 Å². The van der Waals surface area contributed by atoms with Gasteiger partial charge in [0.05, 0.1) is 5.52 Å². The third-order valence-electron chi connectivity index (χ3n) is 4.54. The standard InChI is InChI=1S/C22H26N4O2/c1-4-13-25(14-5-2)22(28)20-24-19(18-8-6-7-15-26(18)20)21(27)23-17-11-9-16(3)10-12-17/h6-12,15H,4-5,13-14H2,1-3H3,(H,23,27). The van der Waals surface area contributed by atoms with Crippen molar-refractivity contribution < 1.29 is 9.59 Å². The number of aromatic nitrogens is 2. The molecule has 0 aliphatic heterocycles. The van der Waals surface area contributed by atoms with E-state index in [1.54, 1.807) is 21.6 Å². The lowest BCUT2D eigenvalue weighted by molar-refractivity contribution is 0.0742. The lowest BCUT2D eigenvalue weighted by Gasteiger charge is -2.20. The Morgan fingerprint density at radius 3 is 2.36 bits per heavy atom. The molecule has 6 heteroatoms. The van der Waals surface area contributed by atoms with Crippen LogP contribution in [0.5, 0.6) is 0 Å². The fourth-order valence-electron chi connectivity index (χ4n) is 3.18. The van der Waals surface area contributed by atoms with E-state index >= 15 is 0 Å². The van der Waals surface area contributed by atoms with Gasteiger partial charge < -0.3 is 10.2 Å². The number of aryl methyl sites for hydroxylation is 1.